The minimum atomic E-state index is -4.39. The summed E-state index contributed by atoms with van der Waals surface area (Å²) in [7, 11) is 0. The summed E-state index contributed by atoms with van der Waals surface area (Å²) in [4.78, 5) is 5.66. The quantitative estimate of drug-likeness (QED) is 0.849. The second-order valence-corrected chi connectivity index (χ2v) is 4.99. The molecular formula is C14H19F3N2O. The van der Waals surface area contributed by atoms with Gasteiger partial charge in [-0.25, -0.2) is 4.98 Å². The van der Waals surface area contributed by atoms with Gasteiger partial charge in [-0.3, -0.25) is 0 Å². The van der Waals surface area contributed by atoms with Crippen molar-refractivity contribution in [1.82, 2.24) is 4.98 Å². The second kappa shape index (κ2) is 6.43. The molecule has 0 saturated carbocycles. The summed E-state index contributed by atoms with van der Waals surface area (Å²) in [6.45, 7) is 4.71. The Morgan fingerprint density at radius 2 is 2.20 bits per heavy atom. The lowest BCUT2D eigenvalue weighted by molar-refractivity contribution is -0.141. The summed E-state index contributed by atoms with van der Waals surface area (Å²) < 4.78 is 43.4. The topological polar surface area (TPSA) is 25.4 Å². The number of nitrogens with zero attached hydrogens (tertiary/aromatic N) is 2. The first-order valence-corrected chi connectivity index (χ1v) is 6.87. The minimum absolute atomic E-state index is 0.361. The highest BCUT2D eigenvalue weighted by molar-refractivity contribution is 5.40. The molecule has 0 bridgehead atoms. The summed E-state index contributed by atoms with van der Waals surface area (Å²) in [5, 5.41) is 0. The molecule has 1 saturated heterocycles. The molecule has 1 atom stereocenters. The maximum absolute atomic E-state index is 12.7. The SMILES string of the molecule is CCOCC1CCCN(c2cccc(C(F)(F)F)n2)C1. The molecule has 1 unspecified atom stereocenters. The number of ether oxygens (including phenoxy) is 1. The molecule has 0 aromatic carbocycles. The lowest BCUT2D eigenvalue weighted by Crippen LogP contribution is -2.38. The summed E-state index contributed by atoms with van der Waals surface area (Å²) in [5.74, 6) is 0.765. The van der Waals surface area contributed by atoms with Crippen LogP contribution in [-0.4, -0.2) is 31.3 Å². The molecular weight excluding hydrogens is 269 g/mol. The van der Waals surface area contributed by atoms with Crippen molar-refractivity contribution in [2.45, 2.75) is 25.9 Å². The monoisotopic (exact) mass is 288 g/mol. The van der Waals surface area contributed by atoms with Crippen LogP contribution in [0.2, 0.25) is 0 Å². The fourth-order valence-corrected chi connectivity index (χ4v) is 2.45. The number of alkyl halides is 3. The van der Waals surface area contributed by atoms with E-state index in [1.165, 1.54) is 6.07 Å². The van der Waals surface area contributed by atoms with Crippen LogP contribution in [0.3, 0.4) is 0 Å². The van der Waals surface area contributed by atoms with Crippen LogP contribution < -0.4 is 4.90 Å². The average Bonchev–Trinajstić information content (AvgIpc) is 2.45. The fourth-order valence-electron chi connectivity index (χ4n) is 2.45. The van der Waals surface area contributed by atoms with Gasteiger partial charge >= 0.3 is 6.18 Å². The van der Waals surface area contributed by atoms with Crippen LogP contribution in [0.4, 0.5) is 19.0 Å². The van der Waals surface area contributed by atoms with Gasteiger partial charge in [-0.05, 0) is 37.8 Å². The Kier molecular flexibility index (Phi) is 4.86. The van der Waals surface area contributed by atoms with Gasteiger partial charge in [0.25, 0.3) is 0 Å². The molecule has 112 valence electrons. The zero-order valence-corrected chi connectivity index (χ0v) is 11.5. The first-order chi connectivity index (χ1) is 9.50. The molecule has 0 spiro atoms. The van der Waals surface area contributed by atoms with Crippen LogP contribution in [0, 0.1) is 5.92 Å². The number of piperidine rings is 1. The highest BCUT2D eigenvalue weighted by Gasteiger charge is 2.33. The van der Waals surface area contributed by atoms with Crippen molar-refractivity contribution in [2.75, 3.05) is 31.2 Å². The molecule has 1 aliphatic rings. The standard InChI is InChI=1S/C14H19F3N2O/c1-2-20-10-11-5-4-8-19(9-11)13-7-3-6-12(18-13)14(15,16)17/h3,6-7,11H,2,4-5,8-10H2,1H3. The van der Waals surface area contributed by atoms with E-state index in [2.05, 4.69) is 4.98 Å². The van der Waals surface area contributed by atoms with Crippen LogP contribution in [0.15, 0.2) is 18.2 Å². The Labute approximate surface area is 116 Å². The van der Waals surface area contributed by atoms with E-state index >= 15 is 0 Å². The largest absolute Gasteiger partial charge is 0.433 e. The first kappa shape index (κ1) is 15.1. The third kappa shape index (κ3) is 3.85. The van der Waals surface area contributed by atoms with Crippen LogP contribution in [0.25, 0.3) is 0 Å². The second-order valence-electron chi connectivity index (χ2n) is 4.99. The molecule has 2 heterocycles. The van der Waals surface area contributed by atoms with E-state index in [4.69, 9.17) is 4.74 Å². The third-order valence-electron chi connectivity index (χ3n) is 3.43. The number of pyridine rings is 1. The number of halogens is 3. The maximum Gasteiger partial charge on any atom is 0.433 e. The normalized spacial score (nSPS) is 20.2. The van der Waals surface area contributed by atoms with Crippen molar-refractivity contribution < 1.29 is 17.9 Å². The Hall–Kier alpha value is -1.30. The predicted octanol–water partition coefficient (Wildman–Crippen LogP) is 3.35. The van der Waals surface area contributed by atoms with Crippen molar-refractivity contribution >= 4 is 5.82 Å². The molecule has 1 fully saturated rings. The van der Waals surface area contributed by atoms with Crippen LogP contribution in [-0.2, 0) is 10.9 Å². The zero-order chi connectivity index (χ0) is 14.6. The number of rotatable bonds is 4. The zero-order valence-electron chi connectivity index (χ0n) is 11.5. The van der Waals surface area contributed by atoms with Gasteiger partial charge in [-0.15, -0.1) is 0 Å². The van der Waals surface area contributed by atoms with Gasteiger partial charge in [0.2, 0.25) is 0 Å². The molecule has 2 rings (SSSR count). The van der Waals surface area contributed by atoms with Crippen molar-refractivity contribution in [3.8, 4) is 0 Å². The molecule has 0 radical (unpaired) electrons. The summed E-state index contributed by atoms with van der Waals surface area (Å²) >= 11 is 0. The number of anilines is 1. The van der Waals surface area contributed by atoms with E-state index < -0.39 is 11.9 Å². The van der Waals surface area contributed by atoms with Gasteiger partial charge in [0.1, 0.15) is 11.5 Å². The summed E-state index contributed by atoms with van der Waals surface area (Å²) in [6.07, 6.45) is -2.39. The summed E-state index contributed by atoms with van der Waals surface area (Å²) in [6, 6.07) is 4.06. The molecule has 0 aliphatic carbocycles. The molecule has 1 aromatic heterocycles. The van der Waals surface area contributed by atoms with Crippen LogP contribution in [0.5, 0.6) is 0 Å². The summed E-state index contributed by atoms with van der Waals surface area (Å²) in [5.41, 5.74) is -0.832. The maximum atomic E-state index is 12.7. The van der Waals surface area contributed by atoms with E-state index in [1.807, 2.05) is 11.8 Å². The number of aromatic nitrogens is 1. The molecule has 0 amide bonds. The fraction of sp³-hybridized carbons (Fsp3) is 0.643. The molecule has 6 heteroatoms. The highest BCUT2D eigenvalue weighted by atomic mass is 19.4. The molecule has 3 nitrogen and oxygen atoms in total. The van der Waals surface area contributed by atoms with Gasteiger partial charge in [-0.1, -0.05) is 6.07 Å². The molecule has 0 N–H and O–H groups in total. The van der Waals surface area contributed by atoms with Crippen LogP contribution >= 0.6 is 0 Å². The van der Waals surface area contributed by atoms with Crippen molar-refractivity contribution in [3.63, 3.8) is 0 Å². The van der Waals surface area contributed by atoms with Crippen molar-refractivity contribution in [3.05, 3.63) is 23.9 Å². The van der Waals surface area contributed by atoms with Crippen molar-refractivity contribution in [1.29, 1.82) is 0 Å². The Bertz CT molecular complexity index is 437. The van der Waals surface area contributed by atoms with Gasteiger partial charge in [0.05, 0.1) is 6.61 Å². The predicted molar refractivity (Wildman–Crippen MR) is 70.7 cm³/mol. The van der Waals surface area contributed by atoms with E-state index in [9.17, 15) is 13.2 Å². The van der Waals surface area contributed by atoms with Crippen LogP contribution in [0.1, 0.15) is 25.5 Å². The van der Waals surface area contributed by atoms with Gasteiger partial charge in [-0.2, -0.15) is 13.2 Å². The van der Waals surface area contributed by atoms with E-state index in [1.54, 1.807) is 6.07 Å². The third-order valence-corrected chi connectivity index (χ3v) is 3.43. The molecule has 1 aliphatic heterocycles. The minimum Gasteiger partial charge on any atom is -0.381 e. The molecule has 20 heavy (non-hydrogen) atoms. The lowest BCUT2D eigenvalue weighted by Gasteiger charge is -2.33. The first-order valence-electron chi connectivity index (χ1n) is 6.87. The Balaban J connectivity index is 2.07. The van der Waals surface area contributed by atoms with Gasteiger partial charge < -0.3 is 9.64 Å². The lowest BCUT2D eigenvalue weighted by atomic mass is 9.99. The van der Waals surface area contributed by atoms with E-state index in [0.29, 0.717) is 31.5 Å². The van der Waals surface area contributed by atoms with E-state index in [-0.39, 0.29) is 0 Å². The van der Waals surface area contributed by atoms with Gasteiger partial charge in [0.15, 0.2) is 0 Å². The van der Waals surface area contributed by atoms with E-state index in [0.717, 1.165) is 25.5 Å². The van der Waals surface area contributed by atoms with Gasteiger partial charge in [0, 0.05) is 19.7 Å². The Morgan fingerprint density at radius 1 is 1.40 bits per heavy atom. The number of hydrogen-bond donors (Lipinski definition) is 0. The molecule has 1 aromatic rings. The smallest absolute Gasteiger partial charge is 0.381 e. The Morgan fingerprint density at radius 3 is 2.90 bits per heavy atom. The average molecular weight is 288 g/mol. The number of hydrogen-bond acceptors (Lipinski definition) is 3. The van der Waals surface area contributed by atoms with Crippen molar-refractivity contribution in [2.24, 2.45) is 5.92 Å². The highest BCUT2D eigenvalue weighted by Crippen LogP contribution is 2.30.